The van der Waals surface area contributed by atoms with Crippen LogP contribution in [0.3, 0.4) is 0 Å². The minimum absolute atomic E-state index is 0.0486. The minimum Gasteiger partial charge on any atom is -0.486 e. The van der Waals surface area contributed by atoms with Crippen LogP contribution in [0.15, 0.2) is 59.8 Å². The highest BCUT2D eigenvalue weighted by Crippen LogP contribution is 2.46. The van der Waals surface area contributed by atoms with Crippen molar-refractivity contribution in [2.24, 2.45) is 0 Å². The lowest BCUT2D eigenvalue weighted by Crippen LogP contribution is -2.33. The van der Waals surface area contributed by atoms with Crippen molar-refractivity contribution in [3.05, 3.63) is 76.8 Å². The molecule has 7 nitrogen and oxygen atoms in total. The van der Waals surface area contributed by atoms with Crippen molar-refractivity contribution in [1.29, 1.82) is 0 Å². The van der Waals surface area contributed by atoms with Gasteiger partial charge in [-0.25, -0.2) is 4.68 Å². The molecule has 0 bridgehead atoms. The number of aromatic nitrogens is 3. The number of nitrogens with zero attached hydrogens (tertiary/aromatic N) is 3. The van der Waals surface area contributed by atoms with Crippen LogP contribution in [0.5, 0.6) is 11.5 Å². The highest BCUT2D eigenvalue weighted by atomic mass is 19.4. The van der Waals surface area contributed by atoms with Crippen LogP contribution in [-0.4, -0.2) is 33.8 Å². The Balaban J connectivity index is 1.48. The Morgan fingerprint density at radius 1 is 0.971 bits per heavy atom. The number of Topliss-reactive ketones (excluding diaryl/α,β-unsaturated/α-hetero) is 1. The zero-order chi connectivity index (χ0) is 23.4. The van der Waals surface area contributed by atoms with E-state index in [9.17, 15) is 18.0 Å². The predicted molar refractivity (Wildman–Crippen MR) is 115 cm³/mol. The summed E-state index contributed by atoms with van der Waals surface area (Å²) >= 11 is 0. The molecule has 3 heterocycles. The molecule has 1 aromatic heterocycles. The summed E-state index contributed by atoms with van der Waals surface area (Å²) in [5.41, 5.74) is 2.54. The predicted octanol–water partition coefficient (Wildman–Crippen LogP) is 4.48. The van der Waals surface area contributed by atoms with Gasteiger partial charge in [0.05, 0.1) is 0 Å². The van der Waals surface area contributed by atoms with E-state index in [1.54, 1.807) is 18.2 Å². The number of carbonyl (C=O) groups is 1. The molecule has 174 valence electrons. The van der Waals surface area contributed by atoms with Gasteiger partial charge in [-0.15, -0.1) is 5.10 Å². The summed E-state index contributed by atoms with van der Waals surface area (Å²) in [6.45, 7) is 0.775. The van der Waals surface area contributed by atoms with Gasteiger partial charge in [0.15, 0.2) is 17.3 Å². The van der Waals surface area contributed by atoms with Gasteiger partial charge in [0.25, 0.3) is 5.82 Å². The lowest BCUT2D eigenvalue weighted by Gasteiger charge is -2.35. The first-order valence-corrected chi connectivity index (χ1v) is 10.9. The van der Waals surface area contributed by atoms with Crippen LogP contribution >= 0.6 is 0 Å². The zero-order valence-electron chi connectivity index (χ0n) is 17.8. The monoisotopic (exact) mass is 468 g/mol. The molecule has 1 aliphatic carbocycles. The number of ketones is 1. The first kappa shape index (κ1) is 20.8. The van der Waals surface area contributed by atoms with Crippen LogP contribution in [-0.2, 0) is 11.0 Å². The quantitative estimate of drug-likeness (QED) is 0.598. The first-order valence-electron chi connectivity index (χ1n) is 10.9. The Morgan fingerprint density at radius 3 is 2.50 bits per heavy atom. The molecule has 3 aliphatic rings. The van der Waals surface area contributed by atoms with E-state index < -0.39 is 18.0 Å². The topological polar surface area (TPSA) is 78.3 Å². The second-order valence-corrected chi connectivity index (χ2v) is 8.46. The van der Waals surface area contributed by atoms with Crippen LogP contribution in [0.4, 0.5) is 19.1 Å². The molecule has 10 heteroatoms. The molecular formula is C24H19F3N4O3. The third-order valence-corrected chi connectivity index (χ3v) is 6.33. The molecule has 2 aliphatic heterocycles. The number of alkyl halides is 3. The summed E-state index contributed by atoms with van der Waals surface area (Å²) in [5, 5.41) is 6.73. The van der Waals surface area contributed by atoms with Gasteiger partial charge in [-0.1, -0.05) is 36.4 Å². The Labute approximate surface area is 192 Å². The van der Waals surface area contributed by atoms with E-state index in [4.69, 9.17) is 9.47 Å². The van der Waals surface area contributed by atoms with Crippen molar-refractivity contribution in [1.82, 2.24) is 14.8 Å². The van der Waals surface area contributed by atoms with Crippen molar-refractivity contribution < 1.29 is 27.4 Å². The fourth-order valence-corrected chi connectivity index (χ4v) is 4.83. The Hall–Kier alpha value is -3.82. The molecule has 0 radical (unpaired) electrons. The number of benzene rings is 2. The van der Waals surface area contributed by atoms with Crippen LogP contribution in [0.2, 0.25) is 0 Å². The molecule has 6 rings (SSSR count). The van der Waals surface area contributed by atoms with Crippen molar-refractivity contribution in [2.75, 3.05) is 18.5 Å². The number of anilines is 1. The highest BCUT2D eigenvalue weighted by molar-refractivity contribution is 6.00. The summed E-state index contributed by atoms with van der Waals surface area (Å²) < 4.78 is 52.8. The summed E-state index contributed by atoms with van der Waals surface area (Å²) in [4.78, 5) is 17.2. The Kier molecular flexibility index (Phi) is 4.65. The molecule has 0 fully saturated rings. The molecule has 0 saturated carbocycles. The Morgan fingerprint density at radius 2 is 1.74 bits per heavy atom. The number of nitrogens with one attached hydrogen (secondary N) is 1. The van der Waals surface area contributed by atoms with Gasteiger partial charge in [-0.2, -0.15) is 18.2 Å². The number of halogens is 3. The molecule has 0 saturated heterocycles. The van der Waals surface area contributed by atoms with Crippen LogP contribution in [0, 0.1) is 0 Å². The number of rotatable bonds is 2. The largest absolute Gasteiger partial charge is 0.486 e. The van der Waals surface area contributed by atoms with Gasteiger partial charge in [0.1, 0.15) is 19.3 Å². The SMILES string of the molecule is O=C1CC(c2ccccc2)CC2=C1C(c1ccc3c(c1)OCCO3)n1nc(C(F)(F)F)nc1N2. The molecule has 2 atom stereocenters. The standard InChI is InChI=1S/C24H19F3N4O3/c25-24(26,27)22-29-23-28-16-10-15(13-4-2-1-3-5-13)11-17(32)20(16)21(31(23)30-22)14-6-7-18-19(12-14)34-9-8-33-18/h1-7,12,15,21H,8-11H2,(H,28,29,30). The van der Waals surface area contributed by atoms with E-state index in [-0.39, 0.29) is 24.1 Å². The molecule has 0 amide bonds. The third kappa shape index (κ3) is 3.41. The van der Waals surface area contributed by atoms with Gasteiger partial charge < -0.3 is 14.8 Å². The number of fused-ring (bicyclic) bond motifs is 2. The molecular weight excluding hydrogens is 449 g/mol. The van der Waals surface area contributed by atoms with Crippen molar-refractivity contribution in [2.45, 2.75) is 31.0 Å². The van der Waals surface area contributed by atoms with E-state index in [1.807, 2.05) is 30.3 Å². The fraction of sp³-hybridized carbons (Fsp3) is 0.292. The van der Waals surface area contributed by atoms with E-state index in [0.29, 0.717) is 48.0 Å². The molecule has 34 heavy (non-hydrogen) atoms. The van der Waals surface area contributed by atoms with Gasteiger partial charge in [-0.3, -0.25) is 4.79 Å². The number of allylic oxidation sites excluding steroid dienone is 2. The van der Waals surface area contributed by atoms with Gasteiger partial charge in [0, 0.05) is 17.7 Å². The van der Waals surface area contributed by atoms with E-state index >= 15 is 0 Å². The van der Waals surface area contributed by atoms with E-state index in [0.717, 1.165) is 10.2 Å². The average Bonchev–Trinajstić information content (AvgIpc) is 3.27. The summed E-state index contributed by atoms with van der Waals surface area (Å²) in [7, 11) is 0. The lowest BCUT2D eigenvalue weighted by molar-refractivity contribution is -0.145. The lowest BCUT2D eigenvalue weighted by atomic mass is 9.78. The number of hydrogen-bond donors (Lipinski definition) is 1. The van der Waals surface area contributed by atoms with Gasteiger partial charge >= 0.3 is 6.18 Å². The number of ether oxygens (including phenoxy) is 2. The molecule has 2 unspecified atom stereocenters. The average molecular weight is 468 g/mol. The maximum Gasteiger partial charge on any atom is 0.453 e. The van der Waals surface area contributed by atoms with E-state index in [1.165, 1.54) is 0 Å². The number of carbonyl (C=O) groups excluding carboxylic acids is 1. The molecule has 1 N–H and O–H groups in total. The number of hydrogen-bond acceptors (Lipinski definition) is 6. The van der Waals surface area contributed by atoms with Crippen LogP contribution < -0.4 is 14.8 Å². The second kappa shape index (κ2) is 7.61. The van der Waals surface area contributed by atoms with Crippen molar-refractivity contribution >= 4 is 11.7 Å². The fourth-order valence-electron chi connectivity index (χ4n) is 4.83. The molecule has 2 aromatic carbocycles. The third-order valence-electron chi connectivity index (χ3n) is 6.33. The normalized spacial score (nSPS) is 21.6. The van der Waals surface area contributed by atoms with Crippen molar-refractivity contribution in [3.63, 3.8) is 0 Å². The van der Waals surface area contributed by atoms with Gasteiger partial charge in [0.2, 0.25) is 5.95 Å². The maximum absolute atomic E-state index is 13.5. The van der Waals surface area contributed by atoms with Crippen LogP contribution in [0.1, 0.15) is 41.8 Å². The summed E-state index contributed by atoms with van der Waals surface area (Å²) in [6, 6.07) is 13.9. The zero-order valence-corrected chi connectivity index (χ0v) is 17.8. The molecule has 0 spiro atoms. The second-order valence-electron chi connectivity index (χ2n) is 8.46. The smallest absolute Gasteiger partial charge is 0.453 e. The van der Waals surface area contributed by atoms with Crippen molar-refractivity contribution in [3.8, 4) is 11.5 Å². The van der Waals surface area contributed by atoms with E-state index in [2.05, 4.69) is 15.4 Å². The Bertz CT molecular complexity index is 1320. The maximum atomic E-state index is 13.5. The molecule has 3 aromatic rings. The summed E-state index contributed by atoms with van der Waals surface area (Å²) in [6.07, 6.45) is -4.00. The minimum atomic E-state index is -4.72. The highest BCUT2D eigenvalue weighted by Gasteiger charge is 2.43. The first-order chi connectivity index (χ1) is 16.4. The van der Waals surface area contributed by atoms with Gasteiger partial charge in [-0.05, 0) is 35.6 Å². The summed E-state index contributed by atoms with van der Waals surface area (Å²) in [5.74, 6) is -0.508. The van der Waals surface area contributed by atoms with Crippen LogP contribution in [0.25, 0.3) is 0 Å².